The van der Waals surface area contributed by atoms with Crippen molar-refractivity contribution >= 4 is 17.2 Å². The zero-order valence-electron chi connectivity index (χ0n) is 13.3. The molecule has 0 aliphatic rings. The molecule has 2 rings (SSSR count). The fraction of sp³-hybridized carbons (Fsp3) is 0.278. The Balaban J connectivity index is 2.28. The molecule has 0 N–H and O–H groups in total. The van der Waals surface area contributed by atoms with E-state index in [1.165, 1.54) is 0 Å². The number of benzene rings is 1. The van der Waals surface area contributed by atoms with Crippen LogP contribution in [0.5, 0.6) is 5.75 Å². The Morgan fingerprint density at radius 1 is 1.27 bits per heavy atom. The normalized spacial score (nSPS) is 10.8. The maximum atomic E-state index is 6.07. The van der Waals surface area contributed by atoms with Crippen LogP contribution in [0.1, 0.15) is 17.0 Å². The first-order valence-electron chi connectivity index (χ1n) is 7.18. The topological polar surface area (TPSA) is 25.4 Å². The molecule has 1 aromatic heterocycles. The molecule has 0 aliphatic heterocycles. The summed E-state index contributed by atoms with van der Waals surface area (Å²) in [5.41, 5.74) is 3.45. The maximum absolute atomic E-state index is 6.07. The van der Waals surface area contributed by atoms with E-state index in [-0.39, 0.29) is 0 Å². The monoisotopic (exact) mass is 316 g/mol. The summed E-state index contributed by atoms with van der Waals surface area (Å²) in [5.74, 6) is 0.748. The van der Waals surface area contributed by atoms with Crippen molar-refractivity contribution < 1.29 is 4.74 Å². The number of rotatable bonds is 6. The molecule has 0 radical (unpaired) electrons. The molecule has 116 valence electrons. The minimum Gasteiger partial charge on any atom is -0.490 e. The third kappa shape index (κ3) is 4.33. The van der Waals surface area contributed by atoms with Crippen molar-refractivity contribution in [3.63, 3.8) is 0 Å². The first-order valence-corrected chi connectivity index (χ1v) is 7.55. The van der Waals surface area contributed by atoms with Gasteiger partial charge in [0.2, 0.25) is 0 Å². The van der Waals surface area contributed by atoms with E-state index < -0.39 is 0 Å². The van der Waals surface area contributed by atoms with Crippen molar-refractivity contribution in [3.8, 4) is 5.75 Å². The number of halogens is 1. The smallest absolute Gasteiger partial charge is 0.145 e. The molecule has 2 aromatic rings. The minimum absolute atomic E-state index is 0.605. The van der Waals surface area contributed by atoms with E-state index in [9.17, 15) is 0 Å². The van der Waals surface area contributed by atoms with Gasteiger partial charge in [-0.15, -0.1) is 0 Å². The SMILES string of the molecule is C=C(c1cccc(Cl)c1)c1nc(C)ccc1OCCN(C)C. The molecule has 0 spiro atoms. The second-order valence-electron chi connectivity index (χ2n) is 5.44. The summed E-state index contributed by atoms with van der Waals surface area (Å²) < 4.78 is 5.88. The van der Waals surface area contributed by atoms with E-state index in [4.69, 9.17) is 16.3 Å². The standard InChI is InChI=1S/C18H21ClN2O/c1-13-8-9-17(22-11-10-21(3)4)18(20-13)14(2)15-6-5-7-16(19)12-15/h5-9,12H,2,10-11H2,1,3-4H3. The Kier molecular flexibility index (Phi) is 5.58. The average Bonchev–Trinajstić information content (AvgIpc) is 2.47. The fourth-order valence-corrected chi connectivity index (χ4v) is 2.22. The number of likely N-dealkylation sites (N-methyl/N-ethyl adjacent to an activating group) is 1. The highest BCUT2D eigenvalue weighted by Gasteiger charge is 2.12. The van der Waals surface area contributed by atoms with Gasteiger partial charge in [-0.05, 0) is 50.8 Å². The summed E-state index contributed by atoms with van der Waals surface area (Å²) in [6, 6.07) is 11.5. The van der Waals surface area contributed by atoms with Gasteiger partial charge in [-0.2, -0.15) is 0 Å². The average molecular weight is 317 g/mol. The van der Waals surface area contributed by atoms with Crippen molar-refractivity contribution in [2.24, 2.45) is 0 Å². The summed E-state index contributed by atoms with van der Waals surface area (Å²) in [4.78, 5) is 6.67. The molecule has 0 atom stereocenters. The first-order chi connectivity index (χ1) is 10.5. The third-order valence-corrected chi connectivity index (χ3v) is 3.49. The van der Waals surface area contributed by atoms with E-state index in [0.717, 1.165) is 34.8 Å². The van der Waals surface area contributed by atoms with E-state index in [2.05, 4.69) is 16.5 Å². The number of aromatic nitrogens is 1. The Hall–Kier alpha value is -1.84. The fourth-order valence-electron chi connectivity index (χ4n) is 2.03. The molecule has 22 heavy (non-hydrogen) atoms. The van der Waals surface area contributed by atoms with Crippen LogP contribution in [0.3, 0.4) is 0 Å². The van der Waals surface area contributed by atoms with E-state index >= 15 is 0 Å². The van der Waals surface area contributed by atoms with Crippen LogP contribution in [0.25, 0.3) is 5.57 Å². The quantitative estimate of drug-likeness (QED) is 0.804. The largest absolute Gasteiger partial charge is 0.490 e. The lowest BCUT2D eigenvalue weighted by Crippen LogP contribution is -2.19. The second kappa shape index (κ2) is 7.43. The van der Waals surface area contributed by atoms with Crippen molar-refractivity contribution in [1.29, 1.82) is 0 Å². The van der Waals surface area contributed by atoms with E-state index in [1.807, 2.05) is 57.4 Å². The number of nitrogens with zero attached hydrogens (tertiary/aromatic N) is 2. The molecule has 1 aromatic carbocycles. The number of ether oxygens (including phenoxy) is 1. The third-order valence-electron chi connectivity index (χ3n) is 3.25. The second-order valence-corrected chi connectivity index (χ2v) is 5.88. The summed E-state index contributed by atoms with van der Waals surface area (Å²) in [7, 11) is 4.03. The lowest BCUT2D eigenvalue weighted by atomic mass is 10.0. The van der Waals surface area contributed by atoms with Gasteiger partial charge in [-0.1, -0.05) is 30.3 Å². The molecule has 0 fully saturated rings. The number of hydrogen-bond acceptors (Lipinski definition) is 3. The van der Waals surface area contributed by atoms with E-state index in [0.29, 0.717) is 11.6 Å². The zero-order chi connectivity index (χ0) is 16.1. The highest BCUT2D eigenvalue weighted by atomic mass is 35.5. The van der Waals surface area contributed by atoms with Crippen LogP contribution in [0.15, 0.2) is 43.0 Å². The summed E-state index contributed by atoms with van der Waals surface area (Å²) in [6.45, 7) is 7.58. The van der Waals surface area contributed by atoms with E-state index in [1.54, 1.807) is 0 Å². The molecule has 0 saturated heterocycles. The number of pyridine rings is 1. The van der Waals surface area contributed by atoms with Gasteiger partial charge in [0, 0.05) is 22.8 Å². The number of hydrogen-bond donors (Lipinski definition) is 0. The van der Waals surface area contributed by atoms with Gasteiger partial charge in [0.05, 0.1) is 0 Å². The van der Waals surface area contributed by atoms with Gasteiger partial charge in [0.1, 0.15) is 18.1 Å². The van der Waals surface area contributed by atoms with Crippen molar-refractivity contribution in [3.05, 3.63) is 65.0 Å². The molecule has 3 nitrogen and oxygen atoms in total. The summed E-state index contributed by atoms with van der Waals surface area (Å²) in [6.07, 6.45) is 0. The van der Waals surface area contributed by atoms with Crippen LogP contribution in [0.4, 0.5) is 0 Å². The Morgan fingerprint density at radius 3 is 2.73 bits per heavy atom. The lowest BCUT2D eigenvalue weighted by Gasteiger charge is -2.15. The van der Waals surface area contributed by atoms with Gasteiger partial charge in [0.25, 0.3) is 0 Å². The highest BCUT2D eigenvalue weighted by Crippen LogP contribution is 2.29. The van der Waals surface area contributed by atoms with Gasteiger partial charge in [-0.25, -0.2) is 4.98 Å². The molecule has 0 saturated carbocycles. The van der Waals surface area contributed by atoms with Crippen LogP contribution in [-0.4, -0.2) is 37.1 Å². The maximum Gasteiger partial charge on any atom is 0.145 e. The van der Waals surface area contributed by atoms with Crippen molar-refractivity contribution in [2.75, 3.05) is 27.2 Å². The van der Waals surface area contributed by atoms with Crippen molar-refractivity contribution in [2.45, 2.75) is 6.92 Å². The van der Waals surface area contributed by atoms with Crippen LogP contribution in [0, 0.1) is 6.92 Å². The lowest BCUT2D eigenvalue weighted by molar-refractivity contribution is 0.260. The van der Waals surface area contributed by atoms with Crippen LogP contribution in [-0.2, 0) is 0 Å². The van der Waals surface area contributed by atoms with Crippen molar-refractivity contribution in [1.82, 2.24) is 9.88 Å². The highest BCUT2D eigenvalue weighted by molar-refractivity contribution is 6.30. The van der Waals surface area contributed by atoms with Gasteiger partial charge in [0.15, 0.2) is 0 Å². The molecular weight excluding hydrogens is 296 g/mol. The predicted molar refractivity (Wildman–Crippen MR) is 92.6 cm³/mol. The van der Waals surface area contributed by atoms with Crippen LogP contribution < -0.4 is 4.74 Å². The molecule has 0 amide bonds. The van der Waals surface area contributed by atoms with Gasteiger partial charge >= 0.3 is 0 Å². The summed E-state index contributed by atoms with van der Waals surface area (Å²) >= 11 is 6.07. The van der Waals surface area contributed by atoms with Crippen LogP contribution in [0.2, 0.25) is 5.02 Å². The summed E-state index contributed by atoms with van der Waals surface area (Å²) in [5, 5.41) is 0.682. The molecule has 1 heterocycles. The van der Waals surface area contributed by atoms with Gasteiger partial charge < -0.3 is 9.64 Å². The Labute approximate surface area is 137 Å². The first kappa shape index (κ1) is 16.5. The molecule has 0 aliphatic carbocycles. The molecule has 4 heteroatoms. The minimum atomic E-state index is 0.605. The van der Waals surface area contributed by atoms with Crippen LogP contribution >= 0.6 is 11.6 Å². The van der Waals surface area contributed by atoms with Gasteiger partial charge in [-0.3, -0.25) is 0 Å². The zero-order valence-corrected chi connectivity index (χ0v) is 14.0. The molecule has 0 unspecified atom stereocenters. The molecular formula is C18H21ClN2O. The molecule has 0 bridgehead atoms. The Bertz CT molecular complexity index is 668. The Morgan fingerprint density at radius 2 is 2.05 bits per heavy atom. The predicted octanol–water partition coefficient (Wildman–Crippen LogP) is 4.05. The number of aryl methyl sites for hydroxylation is 1.